The summed E-state index contributed by atoms with van der Waals surface area (Å²) < 4.78 is 5.22. The Hall–Kier alpha value is -3.31. The number of ether oxygens (including phenoxy) is 1. The number of carbonyl (C=O) groups excluding carboxylic acids is 2. The van der Waals surface area contributed by atoms with Gasteiger partial charge in [0, 0.05) is 5.02 Å². The maximum atomic E-state index is 12.9. The van der Waals surface area contributed by atoms with E-state index >= 15 is 0 Å². The van der Waals surface area contributed by atoms with Crippen LogP contribution in [0.1, 0.15) is 17.0 Å². The molecule has 0 saturated heterocycles. The van der Waals surface area contributed by atoms with Gasteiger partial charge in [0.25, 0.3) is 0 Å². The molecule has 2 N–H and O–H groups in total. The molecule has 5 nitrogen and oxygen atoms in total. The van der Waals surface area contributed by atoms with Crippen LogP contribution in [0.4, 0.5) is 5.69 Å². The van der Waals surface area contributed by atoms with Crippen molar-refractivity contribution in [2.45, 2.75) is 5.92 Å². The molecule has 0 unspecified atom stereocenters. The van der Waals surface area contributed by atoms with Crippen LogP contribution < -0.4 is 15.4 Å². The van der Waals surface area contributed by atoms with Gasteiger partial charge in [0.05, 0.1) is 25.3 Å². The van der Waals surface area contributed by atoms with Crippen molar-refractivity contribution in [1.82, 2.24) is 5.32 Å². The summed E-state index contributed by atoms with van der Waals surface area (Å²) in [5.74, 6) is -0.652. The van der Waals surface area contributed by atoms with E-state index in [1.54, 1.807) is 18.2 Å². The molecule has 3 rings (SSSR count). The van der Waals surface area contributed by atoms with Gasteiger partial charge in [0.2, 0.25) is 11.8 Å². The minimum absolute atomic E-state index is 0.176. The maximum absolute atomic E-state index is 12.9. The van der Waals surface area contributed by atoms with Gasteiger partial charge in [-0.05, 0) is 29.3 Å². The predicted molar refractivity (Wildman–Crippen MR) is 114 cm³/mol. The highest BCUT2D eigenvalue weighted by molar-refractivity contribution is 6.31. The fourth-order valence-electron chi connectivity index (χ4n) is 3.03. The lowest BCUT2D eigenvalue weighted by Gasteiger charge is -2.18. The van der Waals surface area contributed by atoms with Crippen molar-refractivity contribution in [3.05, 3.63) is 95.0 Å². The predicted octanol–water partition coefficient (Wildman–Crippen LogP) is 4.24. The second kappa shape index (κ2) is 9.75. The minimum atomic E-state index is -0.508. The van der Waals surface area contributed by atoms with Crippen molar-refractivity contribution in [2.24, 2.45) is 0 Å². The lowest BCUT2D eigenvalue weighted by Crippen LogP contribution is -2.36. The second-order valence-electron chi connectivity index (χ2n) is 6.36. The summed E-state index contributed by atoms with van der Waals surface area (Å²) in [7, 11) is 1.50. The van der Waals surface area contributed by atoms with Crippen molar-refractivity contribution in [2.75, 3.05) is 19.0 Å². The largest absolute Gasteiger partial charge is 0.495 e. The molecule has 2 amide bonds. The van der Waals surface area contributed by atoms with E-state index < -0.39 is 5.92 Å². The van der Waals surface area contributed by atoms with Crippen molar-refractivity contribution in [3.63, 3.8) is 0 Å². The summed E-state index contributed by atoms with van der Waals surface area (Å²) in [6.45, 7) is -0.176. The molecule has 0 fully saturated rings. The Balaban J connectivity index is 1.71. The van der Waals surface area contributed by atoms with Gasteiger partial charge in [-0.25, -0.2) is 0 Å². The first-order valence-electron chi connectivity index (χ1n) is 9.09. The van der Waals surface area contributed by atoms with E-state index in [1.807, 2.05) is 60.7 Å². The number of methoxy groups -OCH3 is 1. The molecule has 3 aromatic rings. The highest BCUT2D eigenvalue weighted by Crippen LogP contribution is 2.28. The summed E-state index contributed by atoms with van der Waals surface area (Å²) >= 11 is 5.99. The molecule has 0 saturated carbocycles. The Morgan fingerprint density at radius 1 is 0.931 bits per heavy atom. The quantitative estimate of drug-likeness (QED) is 0.614. The zero-order valence-corrected chi connectivity index (χ0v) is 16.6. The summed E-state index contributed by atoms with van der Waals surface area (Å²) in [6.07, 6.45) is 0. The molecule has 0 heterocycles. The van der Waals surface area contributed by atoms with Crippen molar-refractivity contribution >= 4 is 29.1 Å². The van der Waals surface area contributed by atoms with Crippen LogP contribution >= 0.6 is 11.6 Å². The van der Waals surface area contributed by atoms with Gasteiger partial charge >= 0.3 is 0 Å². The normalized spacial score (nSPS) is 10.4. The summed E-state index contributed by atoms with van der Waals surface area (Å²) in [6, 6.07) is 23.9. The van der Waals surface area contributed by atoms with Crippen LogP contribution in [0.5, 0.6) is 5.75 Å². The van der Waals surface area contributed by atoms with E-state index in [0.29, 0.717) is 16.5 Å². The SMILES string of the molecule is COc1ccc(Cl)cc1NC(=O)CNC(=O)C(c1ccccc1)c1ccccc1. The molecular weight excluding hydrogens is 388 g/mol. The molecule has 3 aromatic carbocycles. The van der Waals surface area contributed by atoms with E-state index in [0.717, 1.165) is 11.1 Å². The number of rotatable bonds is 7. The minimum Gasteiger partial charge on any atom is -0.495 e. The van der Waals surface area contributed by atoms with E-state index in [2.05, 4.69) is 10.6 Å². The molecule has 6 heteroatoms. The first kappa shape index (κ1) is 20.4. The fraction of sp³-hybridized carbons (Fsp3) is 0.130. The average molecular weight is 409 g/mol. The third-order valence-electron chi connectivity index (χ3n) is 4.39. The third-order valence-corrected chi connectivity index (χ3v) is 4.62. The van der Waals surface area contributed by atoms with Crippen LogP contribution in [-0.4, -0.2) is 25.5 Å². The van der Waals surface area contributed by atoms with Crippen molar-refractivity contribution < 1.29 is 14.3 Å². The summed E-state index contributed by atoms with van der Waals surface area (Å²) in [4.78, 5) is 25.3. The van der Waals surface area contributed by atoms with Gasteiger partial charge in [0.15, 0.2) is 0 Å². The van der Waals surface area contributed by atoms with Crippen LogP contribution in [0.3, 0.4) is 0 Å². The van der Waals surface area contributed by atoms with Gasteiger partial charge < -0.3 is 15.4 Å². The molecule has 0 bridgehead atoms. The van der Waals surface area contributed by atoms with E-state index in [1.165, 1.54) is 7.11 Å². The zero-order valence-electron chi connectivity index (χ0n) is 15.9. The number of hydrogen-bond donors (Lipinski definition) is 2. The van der Waals surface area contributed by atoms with Crippen LogP contribution in [0, 0.1) is 0 Å². The van der Waals surface area contributed by atoms with Gasteiger partial charge in [-0.3, -0.25) is 9.59 Å². The van der Waals surface area contributed by atoms with Crippen LogP contribution in [0.25, 0.3) is 0 Å². The molecule has 0 radical (unpaired) electrons. The van der Waals surface area contributed by atoms with Crippen LogP contribution in [0.15, 0.2) is 78.9 Å². The average Bonchev–Trinajstić information content (AvgIpc) is 2.74. The van der Waals surface area contributed by atoms with Crippen LogP contribution in [0.2, 0.25) is 5.02 Å². The Morgan fingerprint density at radius 3 is 2.07 bits per heavy atom. The van der Waals surface area contributed by atoms with E-state index in [9.17, 15) is 9.59 Å². The highest BCUT2D eigenvalue weighted by atomic mass is 35.5. The molecular formula is C23H21ClN2O3. The van der Waals surface area contributed by atoms with E-state index in [-0.39, 0.29) is 18.4 Å². The molecule has 0 aliphatic rings. The highest BCUT2D eigenvalue weighted by Gasteiger charge is 2.23. The third kappa shape index (κ3) is 5.36. The van der Waals surface area contributed by atoms with Gasteiger partial charge in [-0.15, -0.1) is 0 Å². The molecule has 148 valence electrons. The molecule has 0 atom stereocenters. The summed E-state index contributed by atoms with van der Waals surface area (Å²) in [5.41, 5.74) is 2.16. The topological polar surface area (TPSA) is 67.4 Å². The number of anilines is 1. The Morgan fingerprint density at radius 2 is 1.52 bits per heavy atom. The number of amides is 2. The second-order valence-corrected chi connectivity index (χ2v) is 6.80. The van der Waals surface area contributed by atoms with Crippen LogP contribution in [-0.2, 0) is 9.59 Å². The lowest BCUT2D eigenvalue weighted by molar-refractivity contribution is -0.124. The smallest absolute Gasteiger partial charge is 0.243 e. The van der Waals surface area contributed by atoms with Crippen molar-refractivity contribution in [3.8, 4) is 5.75 Å². The maximum Gasteiger partial charge on any atom is 0.243 e. The lowest BCUT2D eigenvalue weighted by atomic mass is 9.90. The standard InChI is InChI=1S/C23H21ClN2O3/c1-29-20-13-12-18(24)14-19(20)26-21(27)15-25-23(28)22(16-8-4-2-5-9-16)17-10-6-3-7-11-17/h2-14,22H,15H2,1H3,(H,25,28)(H,26,27). The molecule has 0 aliphatic heterocycles. The number of hydrogen-bond acceptors (Lipinski definition) is 3. The first-order chi connectivity index (χ1) is 14.1. The number of nitrogens with one attached hydrogen (secondary N) is 2. The zero-order chi connectivity index (χ0) is 20.6. The molecule has 0 spiro atoms. The van der Waals surface area contributed by atoms with Gasteiger partial charge in [-0.2, -0.15) is 0 Å². The Labute approximate surface area is 174 Å². The van der Waals surface area contributed by atoms with Crippen molar-refractivity contribution in [1.29, 1.82) is 0 Å². The van der Waals surface area contributed by atoms with E-state index in [4.69, 9.17) is 16.3 Å². The summed E-state index contributed by atoms with van der Waals surface area (Å²) in [5, 5.41) is 5.91. The monoisotopic (exact) mass is 408 g/mol. The van der Waals surface area contributed by atoms with Gasteiger partial charge in [0.1, 0.15) is 5.75 Å². The molecule has 29 heavy (non-hydrogen) atoms. The molecule has 0 aliphatic carbocycles. The van der Waals surface area contributed by atoms with Gasteiger partial charge in [-0.1, -0.05) is 72.3 Å². The number of benzene rings is 3. The number of carbonyl (C=O) groups is 2. The molecule has 0 aromatic heterocycles. The number of halogens is 1. The Kier molecular flexibility index (Phi) is 6.87. The first-order valence-corrected chi connectivity index (χ1v) is 9.47. The fourth-order valence-corrected chi connectivity index (χ4v) is 3.20. The Bertz CT molecular complexity index is 938.